The standard InChI is InChI=1S/C13H16N4O5/c1-2-3-6-14-12(19)13(20)16-15-8-9-7-10(17(21)22)4-5-11(9)18/h4-5,7-8,18H,2-3,6H2,1H3,(H,14,19)(H,16,20)/b15-8+. The van der Waals surface area contributed by atoms with Crippen LogP contribution >= 0.6 is 0 Å². The number of phenols is 1. The monoisotopic (exact) mass is 308 g/mol. The molecule has 22 heavy (non-hydrogen) atoms. The number of carbonyl (C=O) groups excluding carboxylic acids is 2. The second-order valence-electron chi connectivity index (χ2n) is 4.31. The van der Waals surface area contributed by atoms with Crippen molar-refractivity contribution in [3.63, 3.8) is 0 Å². The van der Waals surface area contributed by atoms with Crippen molar-refractivity contribution in [3.8, 4) is 5.75 Å². The molecule has 0 spiro atoms. The number of hydrazone groups is 1. The molecule has 0 aliphatic rings. The van der Waals surface area contributed by atoms with Crippen LogP contribution in [0.3, 0.4) is 0 Å². The number of unbranched alkanes of at least 4 members (excludes halogenated alkanes) is 1. The van der Waals surface area contributed by atoms with Crippen molar-refractivity contribution in [1.29, 1.82) is 0 Å². The molecule has 0 fully saturated rings. The van der Waals surface area contributed by atoms with Crippen LogP contribution in [0.25, 0.3) is 0 Å². The highest BCUT2D eigenvalue weighted by molar-refractivity contribution is 6.35. The first-order chi connectivity index (χ1) is 10.5. The minimum atomic E-state index is -0.961. The van der Waals surface area contributed by atoms with E-state index in [-0.39, 0.29) is 17.0 Å². The minimum absolute atomic E-state index is 0.0425. The topological polar surface area (TPSA) is 134 Å². The van der Waals surface area contributed by atoms with Gasteiger partial charge < -0.3 is 10.4 Å². The Bertz CT molecular complexity index is 600. The van der Waals surface area contributed by atoms with Gasteiger partial charge in [0, 0.05) is 24.2 Å². The van der Waals surface area contributed by atoms with Crippen molar-refractivity contribution in [2.24, 2.45) is 5.10 Å². The van der Waals surface area contributed by atoms with E-state index >= 15 is 0 Å². The van der Waals surface area contributed by atoms with Crippen LogP contribution in [-0.2, 0) is 9.59 Å². The van der Waals surface area contributed by atoms with Crippen molar-refractivity contribution < 1.29 is 19.6 Å². The van der Waals surface area contributed by atoms with Crippen LogP contribution in [0.4, 0.5) is 5.69 Å². The van der Waals surface area contributed by atoms with Gasteiger partial charge in [0.05, 0.1) is 11.1 Å². The number of benzene rings is 1. The average Bonchev–Trinajstić information content (AvgIpc) is 2.48. The zero-order chi connectivity index (χ0) is 16.5. The van der Waals surface area contributed by atoms with Gasteiger partial charge in [0.1, 0.15) is 5.75 Å². The molecule has 1 aromatic rings. The first-order valence-corrected chi connectivity index (χ1v) is 6.54. The van der Waals surface area contributed by atoms with Gasteiger partial charge in [-0.15, -0.1) is 0 Å². The molecular formula is C13H16N4O5. The van der Waals surface area contributed by atoms with E-state index in [1.807, 2.05) is 12.3 Å². The van der Waals surface area contributed by atoms with Crippen molar-refractivity contribution in [1.82, 2.24) is 10.7 Å². The smallest absolute Gasteiger partial charge is 0.329 e. The third kappa shape index (κ3) is 5.19. The molecule has 0 saturated carbocycles. The summed E-state index contributed by atoms with van der Waals surface area (Å²) in [5.41, 5.74) is 1.78. The highest BCUT2D eigenvalue weighted by Crippen LogP contribution is 2.21. The molecule has 0 atom stereocenters. The van der Waals surface area contributed by atoms with E-state index < -0.39 is 16.7 Å². The van der Waals surface area contributed by atoms with Gasteiger partial charge in [-0.1, -0.05) is 13.3 Å². The molecule has 2 amide bonds. The SMILES string of the molecule is CCCCNC(=O)C(=O)N/N=C/c1cc([N+](=O)[O-])ccc1O. The number of nitrogens with one attached hydrogen (secondary N) is 2. The summed E-state index contributed by atoms with van der Waals surface area (Å²) in [5, 5.41) is 26.0. The number of hydrogen-bond acceptors (Lipinski definition) is 6. The fourth-order valence-corrected chi connectivity index (χ4v) is 1.43. The van der Waals surface area contributed by atoms with Crippen molar-refractivity contribution in [3.05, 3.63) is 33.9 Å². The van der Waals surface area contributed by atoms with Gasteiger partial charge in [0.25, 0.3) is 5.69 Å². The second-order valence-corrected chi connectivity index (χ2v) is 4.31. The molecule has 3 N–H and O–H groups in total. The molecule has 0 saturated heterocycles. The zero-order valence-electron chi connectivity index (χ0n) is 11.9. The first kappa shape index (κ1) is 17.1. The predicted octanol–water partition coefficient (Wildman–Crippen LogP) is 0.667. The predicted molar refractivity (Wildman–Crippen MR) is 78.4 cm³/mol. The Balaban J connectivity index is 2.62. The molecule has 0 aliphatic carbocycles. The Morgan fingerprint density at radius 1 is 1.41 bits per heavy atom. The van der Waals surface area contributed by atoms with E-state index in [1.54, 1.807) is 0 Å². The Morgan fingerprint density at radius 2 is 2.14 bits per heavy atom. The maximum absolute atomic E-state index is 11.4. The fourth-order valence-electron chi connectivity index (χ4n) is 1.43. The number of aromatic hydroxyl groups is 1. The average molecular weight is 308 g/mol. The van der Waals surface area contributed by atoms with Crippen LogP contribution < -0.4 is 10.7 Å². The molecule has 1 rings (SSSR count). The van der Waals surface area contributed by atoms with Crippen LogP contribution in [0.15, 0.2) is 23.3 Å². The number of nitro benzene ring substituents is 1. The summed E-state index contributed by atoms with van der Waals surface area (Å²) < 4.78 is 0. The van der Waals surface area contributed by atoms with Crippen LogP contribution in [0.5, 0.6) is 5.75 Å². The number of hydrogen-bond donors (Lipinski definition) is 3. The summed E-state index contributed by atoms with van der Waals surface area (Å²) in [7, 11) is 0. The Kier molecular flexibility index (Phi) is 6.48. The van der Waals surface area contributed by atoms with E-state index in [4.69, 9.17) is 0 Å². The Morgan fingerprint density at radius 3 is 2.77 bits per heavy atom. The molecule has 0 aliphatic heterocycles. The molecule has 118 valence electrons. The van der Waals surface area contributed by atoms with Crippen molar-refractivity contribution in [2.45, 2.75) is 19.8 Å². The zero-order valence-corrected chi connectivity index (χ0v) is 11.9. The van der Waals surface area contributed by atoms with Crippen molar-refractivity contribution >= 4 is 23.7 Å². The maximum atomic E-state index is 11.4. The third-order valence-electron chi connectivity index (χ3n) is 2.61. The van der Waals surface area contributed by atoms with E-state index in [1.165, 1.54) is 0 Å². The highest BCUT2D eigenvalue weighted by Gasteiger charge is 2.12. The number of non-ortho nitro benzene ring substituents is 1. The molecule has 0 unspecified atom stereocenters. The Hall–Kier alpha value is -2.97. The molecule has 0 aromatic heterocycles. The molecule has 1 aromatic carbocycles. The van der Waals surface area contributed by atoms with E-state index in [0.29, 0.717) is 6.54 Å². The van der Waals surface area contributed by atoms with Crippen LogP contribution in [0.1, 0.15) is 25.3 Å². The summed E-state index contributed by atoms with van der Waals surface area (Å²) in [5.74, 6) is -2.03. The van der Waals surface area contributed by atoms with Gasteiger partial charge in [0.15, 0.2) is 0 Å². The van der Waals surface area contributed by atoms with Gasteiger partial charge in [0.2, 0.25) is 0 Å². The van der Waals surface area contributed by atoms with E-state index in [2.05, 4.69) is 10.4 Å². The third-order valence-corrected chi connectivity index (χ3v) is 2.61. The maximum Gasteiger partial charge on any atom is 0.329 e. The molecule has 0 heterocycles. The fraction of sp³-hybridized carbons (Fsp3) is 0.308. The van der Waals surface area contributed by atoms with Gasteiger partial charge in [-0.25, -0.2) is 5.43 Å². The van der Waals surface area contributed by atoms with E-state index in [9.17, 15) is 24.8 Å². The van der Waals surface area contributed by atoms with Gasteiger partial charge in [-0.2, -0.15) is 5.10 Å². The molecule has 0 radical (unpaired) electrons. The highest BCUT2D eigenvalue weighted by atomic mass is 16.6. The largest absolute Gasteiger partial charge is 0.507 e. The minimum Gasteiger partial charge on any atom is -0.507 e. The summed E-state index contributed by atoms with van der Waals surface area (Å²) in [6.45, 7) is 2.33. The summed E-state index contributed by atoms with van der Waals surface area (Å²) in [6.07, 6.45) is 2.65. The number of carbonyl (C=O) groups is 2. The van der Waals surface area contributed by atoms with Crippen molar-refractivity contribution in [2.75, 3.05) is 6.54 Å². The van der Waals surface area contributed by atoms with E-state index in [0.717, 1.165) is 37.3 Å². The lowest BCUT2D eigenvalue weighted by Crippen LogP contribution is -2.38. The number of rotatable bonds is 6. The number of nitrogens with zero attached hydrogens (tertiary/aromatic N) is 2. The summed E-state index contributed by atoms with van der Waals surface area (Å²) in [4.78, 5) is 32.7. The quantitative estimate of drug-likeness (QED) is 0.233. The lowest BCUT2D eigenvalue weighted by Gasteiger charge is -2.02. The lowest BCUT2D eigenvalue weighted by atomic mass is 10.2. The first-order valence-electron chi connectivity index (χ1n) is 6.54. The van der Waals surface area contributed by atoms with Crippen LogP contribution in [0, 0.1) is 10.1 Å². The molecule has 0 bridgehead atoms. The molecule has 9 heteroatoms. The van der Waals surface area contributed by atoms with Gasteiger partial charge in [-0.05, 0) is 12.5 Å². The summed E-state index contributed by atoms with van der Waals surface area (Å²) >= 11 is 0. The molecule has 9 nitrogen and oxygen atoms in total. The number of phenolic OH excluding ortho intramolecular Hbond substituents is 1. The van der Waals surface area contributed by atoms with Gasteiger partial charge >= 0.3 is 11.8 Å². The summed E-state index contributed by atoms with van der Waals surface area (Å²) in [6, 6.07) is 3.36. The van der Waals surface area contributed by atoms with Gasteiger partial charge in [-0.3, -0.25) is 19.7 Å². The number of nitro groups is 1. The van der Waals surface area contributed by atoms with Crippen LogP contribution in [0.2, 0.25) is 0 Å². The second kappa shape index (κ2) is 8.35. The Labute approximate surface area is 126 Å². The lowest BCUT2D eigenvalue weighted by molar-refractivity contribution is -0.384. The molecular weight excluding hydrogens is 292 g/mol. The number of amides is 2. The normalized spacial score (nSPS) is 10.4. The van der Waals surface area contributed by atoms with Crippen LogP contribution in [-0.4, -0.2) is 34.6 Å².